The van der Waals surface area contributed by atoms with E-state index in [0.29, 0.717) is 19.0 Å². The van der Waals surface area contributed by atoms with Crippen molar-refractivity contribution in [1.29, 1.82) is 0 Å². The zero-order valence-electron chi connectivity index (χ0n) is 14.5. The molecule has 1 saturated heterocycles. The molecule has 24 heavy (non-hydrogen) atoms. The molecule has 1 aromatic heterocycles. The van der Waals surface area contributed by atoms with E-state index in [1.165, 1.54) is 0 Å². The predicted octanol–water partition coefficient (Wildman–Crippen LogP) is 1.83. The summed E-state index contributed by atoms with van der Waals surface area (Å²) in [7, 11) is -3.29. The minimum atomic E-state index is -3.29. The van der Waals surface area contributed by atoms with Crippen molar-refractivity contribution in [1.82, 2.24) is 14.6 Å². The van der Waals surface area contributed by atoms with Crippen LogP contribution in [-0.2, 0) is 21.2 Å². The molecule has 0 aliphatic carbocycles. The standard InChI is InChI=1S/C15H25N3O3S3/c1-5-22-15-16-11(9-23-15)6-14(19)18-7-12(10(2)3)13(8-18)17-24(4,20)21/h9-10,12-13,17H,5-8H2,1-4H3. The Morgan fingerprint density at radius 3 is 2.79 bits per heavy atom. The van der Waals surface area contributed by atoms with Crippen molar-refractivity contribution in [2.24, 2.45) is 11.8 Å². The highest BCUT2D eigenvalue weighted by molar-refractivity contribution is 8.00. The van der Waals surface area contributed by atoms with Gasteiger partial charge in [0.15, 0.2) is 0 Å². The predicted molar refractivity (Wildman–Crippen MR) is 98.9 cm³/mol. The Kier molecular flexibility index (Phi) is 6.69. The Morgan fingerprint density at radius 1 is 1.50 bits per heavy atom. The third-order valence-electron chi connectivity index (χ3n) is 4.07. The molecule has 1 aromatic rings. The lowest BCUT2D eigenvalue weighted by Crippen LogP contribution is -2.41. The molecule has 1 N–H and O–H groups in total. The zero-order chi connectivity index (χ0) is 17.9. The van der Waals surface area contributed by atoms with Gasteiger partial charge >= 0.3 is 0 Å². The topological polar surface area (TPSA) is 79.4 Å². The maximum Gasteiger partial charge on any atom is 0.228 e. The van der Waals surface area contributed by atoms with Crippen molar-refractivity contribution < 1.29 is 13.2 Å². The molecule has 0 bridgehead atoms. The molecule has 0 radical (unpaired) electrons. The molecule has 1 fully saturated rings. The van der Waals surface area contributed by atoms with Crippen LogP contribution in [0.4, 0.5) is 0 Å². The van der Waals surface area contributed by atoms with Crippen LogP contribution >= 0.6 is 23.1 Å². The number of carbonyl (C=O) groups excluding carboxylic acids is 1. The fourth-order valence-corrected chi connectivity index (χ4v) is 5.47. The van der Waals surface area contributed by atoms with Gasteiger partial charge in [0.05, 0.1) is 18.4 Å². The van der Waals surface area contributed by atoms with E-state index in [4.69, 9.17) is 0 Å². The van der Waals surface area contributed by atoms with Gasteiger partial charge in [-0.1, -0.05) is 32.5 Å². The second-order valence-electron chi connectivity index (χ2n) is 6.42. The van der Waals surface area contributed by atoms with Gasteiger partial charge in [-0.3, -0.25) is 4.79 Å². The van der Waals surface area contributed by atoms with Crippen molar-refractivity contribution in [3.8, 4) is 0 Å². The Morgan fingerprint density at radius 2 is 2.21 bits per heavy atom. The summed E-state index contributed by atoms with van der Waals surface area (Å²) in [5.74, 6) is 1.40. The normalized spacial score (nSPS) is 21.6. The monoisotopic (exact) mass is 391 g/mol. The van der Waals surface area contributed by atoms with Crippen molar-refractivity contribution in [3.05, 3.63) is 11.1 Å². The Labute approximate surface area is 152 Å². The van der Waals surface area contributed by atoms with Gasteiger partial charge in [0.1, 0.15) is 4.34 Å². The van der Waals surface area contributed by atoms with Crippen molar-refractivity contribution in [2.75, 3.05) is 25.1 Å². The summed E-state index contributed by atoms with van der Waals surface area (Å²) in [6.07, 6.45) is 1.44. The van der Waals surface area contributed by atoms with E-state index in [-0.39, 0.29) is 24.3 Å². The Bertz CT molecular complexity index is 673. The molecule has 6 nitrogen and oxygen atoms in total. The molecule has 0 saturated carbocycles. The van der Waals surface area contributed by atoms with Gasteiger partial charge in [0.25, 0.3) is 0 Å². The average molecular weight is 392 g/mol. The van der Waals surface area contributed by atoms with Crippen LogP contribution in [0.15, 0.2) is 9.72 Å². The number of sulfonamides is 1. The summed E-state index contributed by atoms with van der Waals surface area (Å²) >= 11 is 3.23. The Hall–Kier alpha value is -0.640. The molecule has 0 spiro atoms. The number of nitrogens with zero attached hydrogens (tertiary/aromatic N) is 2. The van der Waals surface area contributed by atoms with E-state index >= 15 is 0 Å². The fourth-order valence-electron chi connectivity index (χ4n) is 2.93. The first kappa shape index (κ1) is 19.7. The van der Waals surface area contributed by atoms with Crippen LogP contribution in [0.2, 0.25) is 0 Å². The first-order valence-corrected chi connectivity index (χ1v) is 11.8. The van der Waals surface area contributed by atoms with E-state index in [1.54, 1.807) is 28.0 Å². The van der Waals surface area contributed by atoms with Crippen molar-refractivity contribution in [3.63, 3.8) is 0 Å². The van der Waals surface area contributed by atoms with Crippen LogP contribution in [0.1, 0.15) is 26.5 Å². The van der Waals surface area contributed by atoms with Crippen molar-refractivity contribution in [2.45, 2.75) is 37.6 Å². The molecule has 136 valence electrons. The highest BCUT2D eigenvalue weighted by atomic mass is 32.2. The molecule has 2 rings (SSSR count). The van der Waals surface area contributed by atoms with Crippen LogP contribution < -0.4 is 4.72 Å². The van der Waals surface area contributed by atoms with E-state index in [1.807, 2.05) is 5.38 Å². The number of thiazole rings is 1. The number of thioether (sulfide) groups is 1. The molecule has 1 aliphatic rings. The lowest BCUT2D eigenvalue weighted by Gasteiger charge is -2.21. The minimum Gasteiger partial charge on any atom is -0.340 e. The van der Waals surface area contributed by atoms with E-state index < -0.39 is 10.0 Å². The van der Waals surface area contributed by atoms with Gasteiger partial charge in [0, 0.05) is 24.5 Å². The van der Waals surface area contributed by atoms with Crippen LogP contribution in [0, 0.1) is 11.8 Å². The SMILES string of the molecule is CCSc1nc(CC(=O)N2CC(NS(C)(=O)=O)C(C(C)C)C2)cs1. The van der Waals surface area contributed by atoms with Gasteiger partial charge in [-0.25, -0.2) is 18.1 Å². The van der Waals surface area contributed by atoms with Gasteiger partial charge in [-0.2, -0.15) is 0 Å². The molecular weight excluding hydrogens is 366 g/mol. The maximum absolute atomic E-state index is 12.6. The molecule has 0 aromatic carbocycles. The lowest BCUT2D eigenvalue weighted by atomic mass is 9.92. The van der Waals surface area contributed by atoms with Gasteiger partial charge in [-0.15, -0.1) is 11.3 Å². The Balaban J connectivity index is 2.01. The van der Waals surface area contributed by atoms with Crippen LogP contribution in [-0.4, -0.2) is 55.3 Å². The summed E-state index contributed by atoms with van der Waals surface area (Å²) in [5, 5.41) is 1.93. The van der Waals surface area contributed by atoms with E-state index in [0.717, 1.165) is 22.0 Å². The molecule has 2 atom stereocenters. The van der Waals surface area contributed by atoms with Gasteiger partial charge in [0.2, 0.25) is 15.9 Å². The van der Waals surface area contributed by atoms with Gasteiger partial charge in [-0.05, 0) is 17.6 Å². The molecule has 2 heterocycles. The van der Waals surface area contributed by atoms with Crippen molar-refractivity contribution >= 4 is 39.0 Å². The average Bonchev–Trinajstić information content (AvgIpc) is 3.04. The summed E-state index contributed by atoms with van der Waals surface area (Å²) < 4.78 is 26.8. The third kappa shape index (κ3) is 5.44. The second kappa shape index (κ2) is 8.16. The summed E-state index contributed by atoms with van der Waals surface area (Å²) in [4.78, 5) is 18.8. The molecular formula is C15H25N3O3S3. The summed E-state index contributed by atoms with van der Waals surface area (Å²) in [6, 6.07) is -0.217. The molecule has 1 amide bonds. The minimum absolute atomic E-state index is 0.0109. The van der Waals surface area contributed by atoms with Crippen LogP contribution in [0.25, 0.3) is 0 Å². The van der Waals surface area contributed by atoms with Crippen LogP contribution in [0.3, 0.4) is 0 Å². The summed E-state index contributed by atoms with van der Waals surface area (Å²) in [6.45, 7) is 7.20. The highest BCUT2D eigenvalue weighted by Crippen LogP contribution is 2.26. The fraction of sp³-hybridized carbons (Fsp3) is 0.733. The molecule has 1 aliphatic heterocycles. The number of hydrogen-bond acceptors (Lipinski definition) is 6. The first-order chi connectivity index (χ1) is 11.2. The highest BCUT2D eigenvalue weighted by Gasteiger charge is 2.38. The number of likely N-dealkylation sites (tertiary alicyclic amines) is 1. The van der Waals surface area contributed by atoms with Gasteiger partial charge < -0.3 is 4.90 Å². The molecule has 2 unspecified atom stereocenters. The zero-order valence-corrected chi connectivity index (χ0v) is 16.9. The number of nitrogens with one attached hydrogen (secondary N) is 1. The lowest BCUT2D eigenvalue weighted by molar-refractivity contribution is -0.129. The smallest absolute Gasteiger partial charge is 0.228 e. The number of hydrogen-bond donors (Lipinski definition) is 1. The number of carbonyl (C=O) groups is 1. The van der Waals surface area contributed by atoms with Crippen LogP contribution in [0.5, 0.6) is 0 Å². The second-order valence-corrected chi connectivity index (χ2v) is 10.6. The number of aromatic nitrogens is 1. The molecule has 9 heteroatoms. The largest absolute Gasteiger partial charge is 0.340 e. The maximum atomic E-state index is 12.6. The van der Waals surface area contributed by atoms with E-state index in [9.17, 15) is 13.2 Å². The number of amides is 1. The summed E-state index contributed by atoms with van der Waals surface area (Å²) in [5.41, 5.74) is 0.793. The third-order valence-corrected chi connectivity index (χ3v) is 6.75. The number of rotatable bonds is 7. The quantitative estimate of drug-likeness (QED) is 0.718. The first-order valence-electron chi connectivity index (χ1n) is 8.02. The van der Waals surface area contributed by atoms with E-state index in [2.05, 4.69) is 30.5 Å².